The summed E-state index contributed by atoms with van der Waals surface area (Å²) in [6.45, 7) is 4.30. The molecule has 0 atom stereocenters. The zero-order valence-electron chi connectivity index (χ0n) is 10.6. The molecule has 1 N–H and O–H groups in total. The third-order valence-corrected chi connectivity index (χ3v) is 2.87. The van der Waals surface area contributed by atoms with Gasteiger partial charge in [-0.3, -0.25) is 9.78 Å². The quantitative estimate of drug-likeness (QED) is 0.834. The molecule has 0 amide bonds. The molecule has 92 valence electrons. The Hall–Kier alpha value is -2.16. The first-order valence-electron chi connectivity index (χ1n) is 5.92. The molecule has 0 bridgehead atoms. The second kappa shape index (κ2) is 5.45. The van der Waals surface area contributed by atoms with Gasteiger partial charge in [-0.1, -0.05) is 6.07 Å². The summed E-state index contributed by atoms with van der Waals surface area (Å²) in [6, 6.07) is 11.5. The van der Waals surface area contributed by atoms with Crippen LogP contribution in [0.25, 0.3) is 0 Å². The summed E-state index contributed by atoms with van der Waals surface area (Å²) in [5.74, 6) is 0.0853. The van der Waals surface area contributed by atoms with Crippen LogP contribution in [0.15, 0.2) is 42.6 Å². The van der Waals surface area contributed by atoms with Crippen LogP contribution in [-0.2, 0) is 6.54 Å². The van der Waals surface area contributed by atoms with Crippen molar-refractivity contribution in [3.63, 3.8) is 0 Å². The lowest BCUT2D eigenvalue weighted by Crippen LogP contribution is -2.03. The Labute approximate surface area is 107 Å². The number of Topliss-reactive ketones (excluding diaryl/α,β-unsaturated/α-hetero) is 1. The number of hydrogen-bond acceptors (Lipinski definition) is 3. The Morgan fingerprint density at radius 1 is 1.22 bits per heavy atom. The highest BCUT2D eigenvalue weighted by Gasteiger charge is 2.00. The number of anilines is 1. The number of nitrogens with one attached hydrogen (secondary N) is 1. The number of carbonyl (C=O) groups is 1. The number of benzene rings is 1. The molecule has 3 heteroatoms. The van der Waals surface area contributed by atoms with Gasteiger partial charge in [-0.2, -0.15) is 0 Å². The lowest BCUT2D eigenvalue weighted by molar-refractivity contribution is 0.101. The van der Waals surface area contributed by atoms with Gasteiger partial charge in [0.15, 0.2) is 5.78 Å². The summed E-state index contributed by atoms with van der Waals surface area (Å²) in [5, 5.41) is 3.29. The highest BCUT2D eigenvalue weighted by atomic mass is 16.1. The third kappa shape index (κ3) is 2.94. The van der Waals surface area contributed by atoms with Gasteiger partial charge in [-0.15, -0.1) is 0 Å². The van der Waals surface area contributed by atoms with E-state index in [9.17, 15) is 4.79 Å². The van der Waals surface area contributed by atoms with E-state index in [1.807, 2.05) is 43.3 Å². The van der Waals surface area contributed by atoms with Crippen molar-refractivity contribution in [2.45, 2.75) is 20.4 Å². The fourth-order valence-corrected chi connectivity index (χ4v) is 1.71. The van der Waals surface area contributed by atoms with Crippen LogP contribution in [0.5, 0.6) is 0 Å². The van der Waals surface area contributed by atoms with Crippen LogP contribution in [0.4, 0.5) is 5.69 Å². The Morgan fingerprint density at radius 3 is 2.56 bits per heavy atom. The number of hydrogen-bond donors (Lipinski definition) is 1. The molecule has 1 aromatic carbocycles. The molecular weight excluding hydrogens is 224 g/mol. The first-order valence-corrected chi connectivity index (χ1v) is 5.92. The standard InChI is InChI=1S/C15H16N2O/c1-11-4-3-9-16-15(11)10-17-14-7-5-13(6-8-14)12(2)18/h3-9,17H,10H2,1-2H3. The Morgan fingerprint density at radius 2 is 1.94 bits per heavy atom. The molecule has 0 aliphatic rings. The molecule has 3 nitrogen and oxygen atoms in total. The molecule has 0 saturated carbocycles. The molecule has 0 spiro atoms. The number of carbonyl (C=O) groups excluding carboxylic acids is 1. The van der Waals surface area contributed by atoms with E-state index in [1.54, 1.807) is 13.1 Å². The number of rotatable bonds is 4. The monoisotopic (exact) mass is 240 g/mol. The van der Waals surface area contributed by atoms with E-state index >= 15 is 0 Å². The Bertz CT molecular complexity index is 547. The van der Waals surface area contributed by atoms with Crippen molar-refractivity contribution in [1.29, 1.82) is 0 Å². The van der Waals surface area contributed by atoms with Crippen LogP contribution in [0, 0.1) is 6.92 Å². The highest BCUT2D eigenvalue weighted by Crippen LogP contribution is 2.12. The van der Waals surface area contributed by atoms with E-state index in [4.69, 9.17) is 0 Å². The van der Waals surface area contributed by atoms with E-state index in [1.165, 1.54) is 5.56 Å². The van der Waals surface area contributed by atoms with Gasteiger partial charge in [0.25, 0.3) is 0 Å². The first-order chi connectivity index (χ1) is 8.66. The average Bonchev–Trinajstić information content (AvgIpc) is 2.38. The van der Waals surface area contributed by atoms with E-state index in [0.29, 0.717) is 6.54 Å². The lowest BCUT2D eigenvalue weighted by Gasteiger charge is -2.08. The average molecular weight is 240 g/mol. The summed E-state index contributed by atoms with van der Waals surface area (Å²) in [7, 11) is 0. The lowest BCUT2D eigenvalue weighted by atomic mass is 10.1. The van der Waals surface area contributed by atoms with Crippen LogP contribution in [-0.4, -0.2) is 10.8 Å². The maximum Gasteiger partial charge on any atom is 0.159 e. The van der Waals surface area contributed by atoms with Gasteiger partial charge in [0.05, 0.1) is 12.2 Å². The predicted molar refractivity (Wildman–Crippen MR) is 72.7 cm³/mol. The van der Waals surface area contributed by atoms with Gasteiger partial charge < -0.3 is 5.32 Å². The van der Waals surface area contributed by atoms with Gasteiger partial charge in [0.1, 0.15) is 0 Å². The minimum atomic E-state index is 0.0853. The van der Waals surface area contributed by atoms with Crippen molar-refractivity contribution in [3.05, 3.63) is 59.4 Å². The maximum atomic E-state index is 11.2. The predicted octanol–water partition coefficient (Wildman–Crippen LogP) is 3.20. The van der Waals surface area contributed by atoms with E-state index < -0.39 is 0 Å². The second-order valence-electron chi connectivity index (χ2n) is 4.25. The van der Waals surface area contributed by atoms with Gasteiger partial charge in [-0.05, 0) is 49.7 Å². The first kappa shape index (κ1) is 12.3. The van der Waals surface area contributed by atoms with Crippen molar-refractivity contribution in [2.24, 2.45) is 0 Å². The normalized spacial score (nSPS) is 10.1. The van der Waals surface area contributed by atoms with E-state index in [2.05, 4.69) is 10.3 Å². The van der Waals surface area contributed by atoms with Crippen molar-refractivity contribution in [3.8, 4) is 0 Å². The number of ketones is 1. The summed E-state index contributed by atoms with van der Waals surface area (Å²) in [6.07, 6.45) is 1.79. The van der Waals surface area contributed by atoms with Gasteiger partial charge in [-0.25, -0.2) is 0 Å². The molecule has 0 fully saturated rings. The molecule has 0 unspecified atom stereocenters. The Balaban J connectivity index is 2.02. The minimum Gasteiger partial charge on any atom is -0.379 e. The topological polar surface area (TPSA) is 42.0 Å². The molecule has 0 saturated heterocycles. The number of aryl methyl sites for hydroxylation is 1. The molecule has 1 aromatic heterocycles. The summed E-state index contributed by atoms with van der Waals surface area (Å²) < 4.78 is 0. The molecule has 1 heterocycles. The van der Waals surface area contributed by atoms with Crippen molar-refractivity contribution >= 4 is 11.5 Å². The SMILES string of the molecule is CC(=O)c1ccc(NCc2ncccc2C)cc1. The molecule has 0 aliphatic carbocycles. The number of aromatic nitrogens is 1. The number of pyridine rings is 1. The van der Waals surface area contributed by atoms with Crippen LogP contribution < -0.4 is 5.32 Å². The fraction of sp³-hybridized carbons (Fsp3) is 0.200. The highest BCUT2D eigenvalue weighted by molar-refractivity contribution is 5.94. The molecule has 18 heavy (non-hydrogen) atoms. The van der Waals surface area contributed by atoms with Crippen LogP contribution in [0.1, 0.15) is 28.5 Å². The maximum absolute atomic E-state index is 11.2. The summed E-state index contributed by atoms with van der Waals surface area (Å²) in [5.41, 5.74) is 3.93. The molecule has 2 rings (SSSR count). The fourth-order valence-electron chi connectivity index (χ4n) is 1.71. The molecule has 0 radical (unpaired) electrons. The second-order valence-corrected chi connectivity index (χ2v) is 4.25. The smallest absolute Gasteiger partial charge is 0.159 e. The molecule has 2 aromatic rings. The van der Waals surface area contributed by atoms with Crippen LogP contribution >= 0.6 is 0 Å². The Kier molecular flexibility index (Phi) is 3.72. The minimum absolute atomic E-state index is 0.0853. The van der Waals surface area contributed by atoms with Crippen molar-refractivity contribution in [2.75, 3.05) is 5.32 Å². The molecule has 0 aliphatic heterocycles. The largest absolute Gasteiger partial charge is 0.379 e. The van der Waals surface area contributed by atoms with Gasteiger partial charge in [0.2, 0.25) is 0 Å². The van der Waals surface area contributed by atoms with E-state index in [0.717, 1.165) is 16.9 Å². The van der Waals surface area contributed by atoms with Crippen molar-refractivity contribution < 1.29 is 4.79 Å². The zero-order valence-corrected chi connectivity index (χ0v) is 10.6. The summed E-state index contributed by atoms with van der Waals surface area (Å²) in [4.78, 5) is 15.5. The van der Waals surface area contributed by atoms with Gasteiger partial charge >= 0.3 is 0 Å². The zero-order chi connectivity index (χ0) is 13.0. The summed E-state index contributed by atoms with van der Waals surface area (Å²) >= 11 is 0. The van der Waals surface area contributed by atoms with Crippen LogP contribution in [0.2, 0.25) is 0 Å². The third-order valence-electron chi connectivity index (χ3n) is 2.87. The van der Waals surface area contributed by atoms with Crippen LogP contribution in [0.3, 0.4) is 0 Å². The van der Waals surface area contributed by atoms with E-state index in [-0.39, 0.29) is 5.78 Å². The molecular formula is C15H16N2O. The van der Waals surface area contributed by atoms with Gasteiger partial charge in [0, 0.05) is 17.4 Å². The van der Waals surface area contributed by atoms with Crippen molar-refractivity contribution in [1.82, 2.24) is 4.98 Å². The number of nitrogens with zero attached hydrogens (tertiary/aromatic N) is 1.